The van der Waals surface area contributed by atoms with E-state index in [1.165, 1.54) is 0 Å². The molecule has 0 aliphatic carbocycles. The van der Waals surface area contributed by atoms with E-state index in [1.54, 1.807) is 6.20 Å². The van der Waals surface area contributed by atoms with E-state index in [0.717, 1.165) is 49.7 Å². The van der Waals surface area contributed by atoms with Gasteiger partial charge in [-0.1, -0.05) is 6.92 Å². The number of aromatic nitrogens is 2. The number of imidazole rings is 1. The molecule has 2 atom stereocenters. The van der Waals surface area contributed by atoms with Crippen molar-refractivity contribution in [3.8, 4) is 0 Å². The lowest BCUT2D eigenvalue weighted by atomic mass is 9.97. The molecule has 0 unspecified atom stereocenters. The predicted octanol–water partition coefficient (Wildman–Crippen LogP) is 2.83. The number of thioether (sulfide) groups is 1. The summed E-state index contributed by atoms with van der Waals surface area (Å²) in [4.78, 5) is 21.8. The molecule has 1 aliphatic heterocycles. The van der Waals surface area contributed by atoms with Crippen LogP contribution < -0.4 is 5.32 Å². The van der Waals surface area contributed by atoms with E-state index < -0.39 is 0 Å². The lowest BCUT2D eigenvalue weighted by Crippen LogP contribution is -2.47. The van der Waals surface area contributed by atoms with Gasteiger partial charge < -0.3 is 15.2 Å². The maximum absolute atomic E-state index is 12.3. The van der Waals surface area contributed by atoms with Gasteiger partial charge in [-0.25, -0.2) is 9.78 Å². The molecule has 2 heterocycles. The predicted molar refractivity (Wildman–Crippen MR) is 87.7 cm³/mol. The zero-order valence-corrected chi connectivity index (χ0v) is 13.8. The van der Waals surface area contributed by atoms with Crippen molar-refractivity contribution in [3.63, 3.8) is 0 Å². The Bertz CT molecular complexity index is 423. The third kappa shape index (κ3) is 4.95. The summed E-state index contributed by atoms with van der Waals surface area (Å²) >= 11 is 1.92. The van der Waals surface area contributed by atoms with Gasteiger partial charge in [-0.15, -0.1) is 0 Å². The Balaban J connectivity index is 1.79. The molecule has 1 aromatic rings. The second-order valence-corrected chi connectivity index (χ2v) is 6.99. The number of H-pyrrole nitrogens is 1. The van der Waals surface area contributed by atoms with Crippen LogP contribution in [-0.2, 0) is 0 Å². The smallest absolute Gasteiger partial charge is 0.317 e. The van der Waals surface area contributed by atoms with Crippen molar-refractivity contribution in [2.45, 2.75) is 45.1 Å². The molecule has 0 saturated carbocycles. The number of carbonyl (C=O) groups is 1. The fourth-order valence-electron chi connectivity index (χ4n) is 2.66. The molecule has 118 valence electrons. The molecule has 1 fully saturated rings. The molecule has 6 heteroatoms. The average Bonchev–Trinajstić information content (AvgIpc) is 3.02. The van der Waals surface area contributed by atoms with Gasteiger partial charge in [-0.3, -0.25) is 0 Å². The molecule has 0 bridgehead atoms. The number of aromatic amines is 1. The normalized spacial score (nSPS) is 20.3. The summed E-state index contributed by atoms with van der Waals surface area (Å²) in [5.74, 6) is 3.58. The highest BCUT2D eigenvalue weighted by Crippen LogP contribution is 2.24. The number of nitrogens with zero attached hydrogens (tertiary/aromatic N) is 2. The first-order chi connectivity index (χ1) is 10.2. The van der Waals surface area contributed by atoms with Crippen molar-refractivity contribution in [1.82, 2.24) is 20.2 Å². The molecule has 0 spiro atoms. The molecular formula is C15H26N4OS. The lowest BCUT2D eigenvalue weighted by molar-refractivity contribution is 0.175. The van der Waals surface area contributed by atoms with E-state index in [0.29, 0.717) is 5.92 Å². The number of urea groups is 1. The molecule has 1 aromatic heterocycles. The van der Waals surface area contributed by atoms with Crippen LogP contribution in [0.15, 0.2) is 12.4 Å². The van der Waals surface area contributed by atoms with E-state index in [2.05, 4.69) is 29.1 Å². The van der Waals surface area contributed by atoms with Gasteiger partial charge in [-0.05, 0) is 37.7 Å². The van der Waals surface area contributed by atoms with Crippen LogP contribution in [0.25, 0.3) is 0 Å². The summed E-state index contributed by atoms with van der Waals surface area (Å²) < 4.78 is 0. The highest BCUT2D eigenvalue weighted by molar-refractivity contribution is 7.99. The van der Waals surface area contributed by atoms with Crippen LogP contribution in [0.5, 0.6) is 0 Å². The van der Waals surface area contributed by atoms with Crippen LogP contribution in [0, 0.1) is 0 Å². The van der Waals surface area contributed by atoms with E-state index >= 15 is 0 Å². The Labute approximate surface area is 131 Å². The standard InChI is InChI=1S/C15H26N4OS/c1-3-21-10-6-12(2)18-15(20)19-9-4-5-13(11-19)14-16-7-8-17-14/h7-8,12-13H,3-6,9-11H2,1-2H3,(H,16,17)(H,18,20)/t12-,13+/m0/s1. The van der Waals surface area contributed by atoms with E-state index in [4.69, 9.17) is 0 Å². The molecule has 2 amide bonds. The molecule has 2 N–H and O–H groups in total. The van der Waals surface area contributed by atoms with Crippen molar-refractivity contribution >= 4 is 17.8 Å². The minimum Gasteiger partial charge on any atom is -0.348 e. The Morgan fingerprint density at radius 2 is 2.52 bits per heavy atom. The van der Waals surface area contributed by atoms with Gasteiger partial charge in [0.25, 0.3) is 0 Å². The third-order valence-electron chi connectivity index (χ3n) is 3.88. The minimum atomic E-state index is 0.0697. The Kier molecular flexibility index (Phi) is 6.42. The third-order valence-corrected chi connectivity index (χ3v) is 4.82. The van der Waals surface area contributed by atoms with Gasteiger partial charge in [0.1, 0.15) is 5.82 Å². The van der Waals surface area contributed by atoms with E-state index in [9.17, 15) is 4.79 Å². The van der Waals surface area contributed by atoms with Gasteiger partial charge in [0.2, 0.25) is 0 Å². The largest absolute Gasteiger partial charge is 0.348 e. The zero-order valence-electron chi connectivity index (χ0n) is 13.0. The average molecular weight is 310 g/mol. The number of amides is 2. The molecule has 21 heavy (non-hydrogen) atoms. The van der Waals surface area contributed by atoms with Gasteiger partial charge in [0.15, 0.2) is 0 Å². The van der Waals surface area contributed by atoms with Gasteiger partial charge in [-0.2, -0.15) is 11.8 Å². The number of carbonyl (C=O) groups excluding carboxylic acids is 1. The number of likely N-dealkylation sites (tertiary alicyclic amines) is 1. The monoisotopic (exact) mass is 310 g/mol. The fraction of sp³-hybridized carbons (Fsp3) is 0.733. The highest BCUT2D eigenvalue weighted by atomic mass is 32.2. The number of piperidine rings is 1. The van der Waals surface area contributed by atoms with Crippen LogP contribution in [0.2, 0.25) is 0 Å². The van der Waals surface area contributed by atoms with Crippen LogP contribution in [-0.4, -0.2) is 51.5 Å². The summed E-state index contributed by atoms with van der Waals surface area (Å²) in [5, 5.41) is 3.12. The quantitative estimate of drug-likeness (QED) is 0.794. The Hall–Kier alpha value is -1.17. The highest BCUT2D eigenvalue weighted by Gasteiger charge is 2.26. The fourth-order valence-corrected chi connectivity index (χ4v) is 3.47. The van der Waals surface area contributed by atoms with Crippen LogP contribution in [0.3, 0.4) is 0 Å². The molecule has 1 aliphatic rings. The molecule has 0 aromatic carbocycles. The van der Waals surface area contributed by atoms with Crippen molar-refractivity contribution in [3.05, 3.63) is 18.2 Å². The van der Waals surface area contributed by atoms with Crippen LogP contribution in [0.4, 0.5) is 4.79 Å². The maximum Gasteiger partial charge on any atom is 0.317 e. The van der Waals surface area contributed by atoms with E-state index in [-0.39, 0.29) is 12.1 Å². The lowest BCUT2D eigenvalue weighted by Gasteiger charge is -2.32. The SMILES string of the molecule is CCSCC[C@H](C)NC(=O)N1CCC[C@@H](c2ncc[nH]2)C1. The Morgan fingerprint density at radius 1 is 1.67 bits per heavy atom. The first-order valence-corrected chi connectivity index (χ1v) is 8.98. The summed E-state index contributed by atoms with van der Waals surface area (Å²) in [5.41, 5.74) is 0. The number of hydrogen-bond donors (Lipinski definition) is 2. The summed E-state index contributed by atoms with van der Waals surface area (Å²) in [6.45, 7) is 5.85. The number of hydrogen-bond acceptors (Lipinski definition) is 3. The van der Waals surface area contributed by atoms with Crippen molar-refractivity contribution in [2.24, 2.45) is 0 Å². The van der Waals surface area contributed by atoms with Crippen LogP contribution >= 0.6 is 11.8 Å². The Morgan fingerprint density at radius 3 is 3.24 bits per heavy atom. The van der Waals surface area contributed by atoms with Gasteiger partial charge in [0.05, 0.1) is 0 Å². The van der Waals surface area contributed by atoms with Crippen molar-refractivity contribution in [2.75, 3.05) is 24.6 Å². The van der Waals surface area contributed by atoms with Gasteiger partial charge >= 0.3 is 6.03 Å². The maximum atomic E-state index is 12.3. The van der Waals surface area contributed by atoms with Crippen molar-refractivity contribution in [1.29, 1.82) is 0 Å². The molecule has 5 nitrogen and oxygen atoms in total. The first kappa shape index (κ1) is 16.2. The number of rotatable bonds is 6. The van der Waals surface area contributed by atoms with Crippen LogP contribution in [0.1, 0.15) is 44.9 Å². The topological polar surface area (TPSA) is 61.0 Å². The zero-order chi connectivity index (χ0) is 15.1. The van der Waals surface area contributed by atoms with Crippen molar-refractivity contribution < 1.29 is 4.79 Å². The number of nitrogens with one attached hydrogen (secondary N) is 2. The molecule has 0 radical (unpaired) electrons. The molecule has 2 rings (SSSR count). The molecular weight excluding hydrogens is 284 g/mol. The first-order valence-electron chi connectivity index (χ1n) is 7.83. The molecule has 1 saturated heterocycles. The summed E-state index contributed by atoms with van der Waals surface area (Å²) in [7, 11) is 0. The van der Waals surface area contributed by atoms with E-state index in [1.807, 2.05) is 22.9 Å². The minimum absolute atomic E-state index is 0.0697. The summed E-state index contributed by atoms with van der Waals surface area (Å²) in [6.07, 6.45) is 6.79. The second-order valence-electron chi connectivity index (χ2n) is 5.60. The van der Waals surface area contributed by atoms with Gasteiger partial charge in [0, 0.05) is 37.4 Å². The second kappa shape index (κ2) is 8.32. The summed E-state index contributed by atoms with van der Waals surface area (Å²) in [6, 6.07) is 0.306.